The highest BCUT2D eigenvalue weighted by Crippen LogP contribution is 2.28. The summed E-state index contributed by atoms with van der Waals surface area (Å²) in [6, 6.07) is 3.40. The SMILES string of the molecule is CC(CN)C(=O)Nc1cc([N+](=O)[O-])ccc1O. The van der Waals surface area contributed by atoms with Gasteiger partial charge in [-0.2, -0.15) is 0 Å². The highest BCUT2D eigenvalue weighted by Gasteiger charge is 2.15. The maximum absolute atomic E-state index is 11.5. The quantitative estimate of drug-likeness (QED) is 0.408. The third-order valence-corrected chi connectivity index (χ3v) is 2.25. The van der Waals surface area contributed by atoms with E-state index in [-0.39, 0.29) is 23.7 Å². The molecule has 1 rings (SSSR count). The lowest BCUT2D eigenvalue weighted by molar-refractivity contribution is -0.384. The number of nitrogens with two attached hydrogens (primary N) is 1. The zero-order chi connectivity index (χ0) is 13.0. The number of non-ortho nitro benzene ring substituents is 1. The topological polar surface area (TPSA) is 118 Å². The average Bonchev–Trinajstić information content (AvgIpc) is 2.30. The summed E-state index contributed by atoms with van der Waals surface area (Å²) in [6.45, 7) is 1.77. The molecule has 92 valence electrons. The summed E-state index contributed by atoms with van der Waals surface area (Å²) in [7, 11) is 0. The van der Waals surface area contributed by atoms with Crippen LogP contribution in [0.15, 0.2) is 18.2 Å². The van der Waals surface area contributed by atoms with Crippen molar-refractivity contribution in [3.05, 3.63) is 28.3 Å². The van der Waals surface area contributed by atoms with Crippen LogP contribution in [0, 0.1) is 16.0 Å². The van der Waals surface area contributed by atoms with Crippen molar-refractivity contribution in [2.24, 2.45) is 11.7 Å². The molecule has 0 fully saturated rings. The van der Waals surface area contributed by atoms with Crippen molar-refractivity contribution in [1.29, 1.82) is 0 Å². The lowest BCUT2D eigenvalue weighted by Crippen LogP contribution is -2.26. The number of hydrogen-bond acceptors (Lipinski definition) is 5. The van der Waals surface area contributed by atoms with Crippen LogP contribution in [-0.2, 0) is 4.79 Å². The van der Waals surface area contributed by atoms with Crippen LogP contribution in [0.4, 0.5) is 11.4 Å². The molecule has 1 amide bonds. The van der Waals surface area contributed by atoms with Gasteiger partial charge in [0.15, 0.2) is 0 Å². The minimum atomic E-state index is -0.610. The number of phenolic OH excluding ortho intramolecular Hbond substituents is 1. The number of phenols is 1. The smallest absolute Gasteiger partial charge is 0.271 e. The Hall–Kier alpha value is -2.15. The second-order valence-electron chi connectivity index (χ2n) is 3.58. The maximum Gasteiger partial charge on any atom is 0.271 e. The molecule has 0 heterocycles. The molecule has 0 saturated heterocycles. The van der Waals surface area contributed by atoms with Gasteiger partial charge in [0.2, 0.25) is 5.91 Å². The molecule has 0 radical (unpaired) electrons. The Kier molecular flexibility index (Phi) is 4.00. The molecular weight excluding hydrogens is 226 g/mol. The minimum absolute atomic E-state index is 0.00417. The van der Waals surface area contributed by atoms with Gasteiger partial charge in [0, 0.05) is 24.6 Å². The molecule has 0 aliphatic heterocycles. The van der Waals surface area contributed by atoms with Crippen LogP contribution in [0.1, 0.15) is 6.92 Å². The standard InChI is InChI=1S/C10H13N3O4/c1-6(5-11)10(15)12-8-4-7(13(16)17)2-3-9(8)14/h2-4,6,14H,5,11H2,1H3,(H,12,15). The van der Waals surface area contributed by atoms with E-state index in [4.69, 9.17) is 5.73 Å². The number of benzene rings is 1. The lowest BCUT2D eigenvalue weighted by Gasteiger charge is -2.10. The number of hydrogen-bond donors (Lipinski definition) is 3. The van der Waals surface area contributed by atoms with E-state index in [1.54, 1.807) is 6.92 Å². The number of carbonyl (C=O) groups is 1. The molecule has 1 aromatic rings. The van der Waals surface area contributed by atoms with Crippen LogP contribution in [-0.4, -0.2) is 22.5 Å². The number of rotatable bonds is 4. The molecule has 1 atom stereocenters. The van der Waals surface area contributed by atoms with Crippen LogP contribution in [0.2, 0.25) is 0 Å². The van der Waals surface area contributed by atoms with E-state index in [9.17, 15) is 20.0 Å². The van der Waals surface area contributed by atoms with Gasteiger partial charge in [-0.25, -0.2) is 0 Å². The molecule has 0 aliphatic rings. The van der Waals surface area contributed by atoms with Crippen molar-refractivity contribution >= 4 is 17.3 Å². The first kappa shape index (κ1) is 12.9. The highest BCUT2D eigenvalue weighted by molar-refractivity contribution is 5.94. The van der Waals surface area contributed by atoms with E-state index in [0.717, 1.165) is 18.2 Å². The van der Waals surface area contributed by atoms with Crippen LogP contribution in [0.25, 0.3) is 0 Å². The molecule has 0 aromatic heterocycles. The second-order valence-corrected chi connectivity index (χ2v) is 3.58. The first-order valence-electron chi connectivity index (χ1n) is 4.94. The first-order chi connectivity index (χ1) is 7.95. The summed E-state index contributed by atoms with van der Waals surface area (Å²) >= 11 is 0. The molecule has 0 saturated carbocycles. The van der Waals surface area contributed by atoms with Crippen molar-refractivity contribution in [3.63, 3.8) is 0 Å². The van der Waals surface area contributed by atoms with Crippen LogP contribution >= 0.6 is 0 Å². The van der Waals surface area contributed by atoms with Gasteiger partial charge in [-0.15, -0.1) is 0 Å². The average molecular weight is 239 g/mol. The molecule has 7 heteroatoms. The fourth-order valence-corrected chi connectivity index (χ4v) is 1.10. The van der Waals surface area contributed by atoms with Crippen molar-refractivity contribution in [3.8, 4) is 5.75 Å². The Morgan fingerprint density at radius 2 is 2.29 bits per heavy atom. The Morgan fingerprint density at radius 3 is 2.82 bits per heavy atom. The molecule has 0 bridgehead atoms. The van der Waals surface area contributed by atoms with Gasteiger partial charge < -0.3 is 16.2 Å². The lowest BCUT2D eigenvalue weighted by atomic mass is 10.1. The van der Waals surface area contributed by atoms with Crippen molar-refractivity contribution in [2.45, 2.75) is 6.92 Å². The number of aromatic hydroxyl groups is 1. The van der Waals surface area contributed by atoms with Crippen LogP contribution < -0.4 is 11.1 Å². The van der Waals surface area contributed by atoms with Gasteiger partial charge in [-0.1, -0.05) is 6.92 Å². The summed E-state index contributed by atoms with van der Waals surface area (Å²) in [5, 5.41) is 22.4. The highest BCUT2D eigenvalue weighted by atomic mass is 16.6. The van der Waals surface area contributed by atoms with E-state index >= 15 is 0 Å². The van der Waals surface area contributed by atoms with Crippen LogP contribution in [0.5, 0.6) is 5.75 Å². The third-order valence-electron chi connectivity index (χ3n) is 2.25. The predicted molar refractivity (Wildman–Crippen MR) is 61.6 cm³/mol. The Bertz CT molecular complexity index is 447. The Labute approximate surface area is 97.4 Å². The summed E-state index contributed by atoms with van der Waals surface area (Å²) < 4.78 is 0. The van der Waals surface area contributed by atoms with Crippen molar-refractivity contribution < 1.29 is 14.8 Å². The van der Waals surface area contributed by atoms with Crippen molar-refractivity contribution in [1.82, 2.24) is 0 Å². The molecule has 1 unspecified atom stereocenters. The van der Waals surface area contributed by atoms with Crippen molar-refractivity contribution in [2.75, 3.05) is 11.9 Å². The fraction of sp³-hybridized carbons (Fsp3) is 0.300. The summed E-state index contributed by atoms with van der Waals surface area (Å²) in [4.78, 5) is 21.4. The number of nitrogens with one attached hydrogen (secondary N) is 1. The number of nitrogens with zero attached hydrogens (tertiary/aromatic N) is 1. The minimum Gasteiger partial charge on any atom is -0.506 e. The summed E-state index contributed by atoms with van der Waals surface area (Å²) in [6.07, 6.45) is 0. The van der Waals surface area contributed by atoms with E-state index in [1.165, 1.54) is 0 Å². The molecular formula is C10H13N3O4. The predicted octanol–water partition coefficient (Wildman–Crippen LogP) is 0.834. The number of carbonyl (C=O) groups excluding carboxylic acids is 1. The number of anilines is 1. The first-order valence-corrected chi connectivity index (χ1v) is 4.94. The second kappa shape index (κ2) is 5.26. The largest absolute Gasteiger partial charge is 0.506 e. The summed E-state index contributed by atoms with van der Waals surface area (Å²) in [5.74, 6) is -1.06. The van der Waals surface area contributed by atoms with Gasteiger partial charge in [0.25, 0.3) is 5.69 Å². The van der Waals surface area contributed by atoms with Gasteiger partial charge >= 0.3 is 0 Å². The Morgan fingerprint density at radius 1 is 1.65 bits per heavy atom. The molecule has 7 nitrogen and oxygen atoms in total. The normalized spacial score (nSPS) is 11.9. The van der Waals surface area contributed by atoms with Crippen LogP contribution in [0.3, 0.4) is 0 Å². The van der Waals surface area contributed by atoms with E-state index in [2.05, 4.69) is 5.32 Å². The molecule has 4 N–H and O–H groups in total. The monoisotopic (exact) mass is 239 g/mol. The molecule has 0 spiro atoms. The van der Waals surface area contributed by atoms with E-state index < -0.39 is 16.7 Å². The molecule has 17 heavy (non-hydrogen) atoms. The zero-order valence-corrected chi connectivity index (χ0v) is 9.21. The number of nitro benzene ring substituents is 1. The van der Waals surface area contributed by atoms with Gasteiger partial charge in [-0.3, -0.25) is 14.9 Å². The van der Waals surface area contributed by atoms with Gasteiger partial charge in [0.05, 0.1) is 10.6 Å². The van der Waals surface area contributed by atoms with Gasteiger partial charge in [-0.05, 0) is 6.07 Å². The maximum atomic E-state index is 11.5. The zero-order valence-electron chi connectivity index (χ0n) is 9.21. The summed E-state index contributed by atoms with van der Waals surface area (Å²) in [5.41, 5.74) is 5.11. The number of nitro groups is 1. The molecule has 0 aliphatic carbocycles. The number of amides is 1. The third kappa shape index (κ3) is 3.15. The Balaban J connectivity index is 2.94. The molecule has 1 aromatic carbocycles. The van der Waals surface area contributed by atoms with Gasteiger partial charge in [0.1, 0.15) is 5.75 Å². The van der Waals surface area contributed by atoms with E-state index in [1.807, 2.05) is 0 Å². The van der Waals surface area contributed by atoms with E-state index in [0.29, 0.717) is 0 Å². The fourth-order valence-electron chi connectivity index (χ4n) is 1.10.